The minimum Gasteiger partial charge on any atom is -0.478 e. The smallest absolute Gasteiger partial charge is 0.266 e. The van der Waals surface area contributed by atoms with Gasteiger partial charge in [0.1, 0.15) is 5.75 Å². The van der Waals surface area contributed by atoms with Crippen molar-refractivity contribution in [2.24, 2.45) is 0 Å². The minimum atomic E-state index is -3.78. The molecule has 2 amide bonds. The van der Waals surface area contributed by atoms with Crippen LogP contribution < -0.4 is 20.1 Å². The van der Waals surface area contributed by atoms with Gasteiger partial charge in [0, 0.05) is 17.3 Å². The zero-order chi connectivity index (χ0) is 22.0. The lowest BCUT2D eigenvalue weighted by Crippen LogP contribution is -2.39. The second kappa shape index (κ2) is 8.36. The molecular weight excluding hydrogens is 440 g/mol. The van der Waals surface area contributed by atoms with Crippen molar-refractivity contribution in [3.05, 3.63) is 59.6 Å². The number of amides is 2. The summed E-state index contributed by atoms with van der Waals surface area (Å²) >= 11 is 1.17. The molecule has 0 fully saturated rings. The zero-order valence-corrected chi connectivity index (χ0v) is 17.9. The molecule has 0 saturated heterocycles. The van der Waals surface area contributed by atoms with E-state index in [4.69, 9.17) is 4.74 Å². The van der Waals surface area contributed by atoms with Crippen LogP contribution in [-0.2, 0) is 19.6 Å². The van der Waals surface area contributed by atoms with Gasteiger partial charge in [0.25, 0.3) is 15.9 Å². The van der Waals surface area contributed by atoms with E-state index in [1.807, 2.05) is 13.0 Å². The van der Waals surface area contributed by atoms with Gasteiger partial charge in [0.2, 0.25) is 5.91 Å². The van der Waals surface area contributed by atoms with Gasteiger partial charge in [0.15, 0.2) is 11.2 Å². The van der Waals surface area contributed by atoms with E-state index in [-0.39, 0.29) is 16.4 Å². The summed E-state index contributed by atoms with van der Waals surface area (Å²) in [5.74, 6) is -0.333. The van der Waals surface area contributed by atoms with E-state index in [2.05, 4.69) is 20.3 Å². The number of ether oxygens (including phenoxy) is 1. The topological polar surface area (TPSA) is 126 Å². The molecule has 3 N–H and O–H groups in total. The lowest BCUT2D eigenvalue weighted by Gasteiger charge is -2.25. The monoisotopic (exact) mass is 458 g/mol. The normalized spacial score (nSPS) is 15.4. The summed E-state index contributed by atoms with van der Waals surface area (Å²) in [5, 5.41) is 7.31. The van der Waals surface area contributed by atoms with Crippen LogP contribution in [0.5, 0.6) is 5.75 Å². The number of rotatable bonds is 6. The van der Waals surface area contributed by atoms with Crippen molar-refractivity contribution >= 4 is 49.7 Å². The summed E-state index contributed by atoms with van der Waals surface area (Å²) in [5.41, 5.74) is 1.95. The zero-order valence-electron chi connectivity index (χ0n) is 16.3. The maximum absolute atomic E-state index is 12.4. The van der Waals surface area contributed by atoms with Gasteiger partial charge in [-0.05, 0) is 48.9 Å². The molecule has 1 aliphatic rings. The number of carbonyl (C=O) groups is 2. The SMILES string of the molecule is Cc1ccc2c(c1)NC(=O)C(CC(=O)Nc1ccc(S(=O)(=O)Nc3nccs3)cc1)O2. The molecule has 0 saturated carbocycles. The molecule has 2 aromatic carbocycles. The predicted molar refractivity (Wildman–Crippen MR) is 117 cm³/mol. The van der Waals surface area contributed by atoms with Gasteiger partial charge in [-0.25, -0.2) is 13.4 Å². The summed E-state index contributed by atoms with van der Waals surface area (Å²) < 4.78 is 32.8. The van der Waals surface area contributed by atoms with E-state index >= 15 is 0 Å². The first-order valence-corrected chi connectivity index (χ1v) is 11.6. The molecule has 9 nitrogen and oxygen atoms in total. The van der Waals surface area contributed by atoms with Gasteiger partial charge in [-0.1, -0.05) is 6.07 Å². The number of benzene rings is 2. The number of hydrogen-bond acceptors (Lipinski definition) is 7. The molecule has 0 aliphatic carbocycles. The number of hydrogen-bond donors (Lipinski definition) is 3. The molecule has 1 atom stereocenters. The lowest BCUT2D eigenvalue weighted by atomic mass is 10.1. The van der Waals surface area contributed by atoms with Crippen LogP contribution in [0.1, 0.15) is 12.0 Å². The van der Waals surface area contributed by atoms with E-state index < -0.39 is 27.9 Å². The van der Waals surface area contributed by atoms with Gasteiger partial charge in [-0.15, -0.1) is 11.3 Å². The van der Waals surface area contributed by atoms with Crippen LogP contribution >= 0.6 is 11.3 Å². The summed E-state index contributed by atoms with van der Waals surface area (Å²) in [7, 11) is -3.78. The van der Waals surface area contributed by atoms with Crippen LogP contribution in [0, 0.1) is 6.92 Å². The van der Waals surface area contributed by atoms with E-state index in [0.29, 0.717) is 17.1 Å². The quantitative estimate of drug-likeness (QED) is 0.521. The van der Waals surface area contributed by atoms with E-state index in [9.17, 15) is 18.0 Å². The maximum atomic E-state index is 12.4. The van der Waals surface area contributed by atoms with E-state index in [0.717, 1.165) is 5.56 Å². The summed E-state index contributed by atoms with van der Waals surface area (Å²) in [6, 6.07) is 11.1. The van der Waals surface area contributed by atoms with E-state index in [1.54, 1.807) is 17.5 Å². The van der Waals surface area contributed by atoms with Crippen LogP contribution in [0.4, 0.5) is 16.5 Å². The highest BCUT2D eigenvalue weighted by Gasteiger charge is 2.29. The van der Waals surface area contributed by atoms with Crippen molar-refractivity contribution < 1.29 is 22.7 Å². The highest BCUT2D eigenvalue weighted by Crippen LogP contribution is 2.31. The van der Waals surface area contributed by atoms with Crippen molar-refractivity contribution in [3.8, 4) is 5.75 Å². The van der Waals surface area contributed by atoms with Crippen molar-refractivity contribution in [2.45, 2.75) is 24.3 Å². The first-order valence-electron chi connectivity index (χ1n) is 9.20. The van der Waals surface area contributed by atoms with Crippen LogP contribution in [0.15, 0.2) is 58.9 Å². The molecule has 0 bridgehead atoms. The molecule has 3 aromatic rings. The van der Waals surface area contributed by atoms with Gasteiger partial charge in [-0.2, -0.15) is 0 Å². The Kier molecular flexibility index (Phi) is 5.61. The van der Waals surface area contributed by atoms with Crippen LogP contribution in [-0.4, -0.2) is 31.3 Å². The largest absolute Gasteiger partial charge is 0.478 e. The Morgan fingerprint density at radius 1 is 1.23 bits per heavy atom. The Hall–Kier alpha value is -3.44. The number of thiazole rings is 1. The Bertz CT molecular complexity index is 1220. The lowest BCUT2D eigenvalue weighted by molar-refractivity contribution is -0.128. The van der Waals surface area contributed by atoms with Crippen LogP contribution in [0.25, 0.3) is 0 Å². The first kappa shape index (κ1) is 20.8. The van der Waals surface area contributed by atoms with Gasteiger partial charge >= 0.3 is 0 Å². The molecule has 1 unspecified atom stereocenters. The average molecular weight is 459 g/mol. The number of carbonyl (C=O) groups excluding carboxylic acids is 2. The fourth-order valence-electron chi connectivity index (χ4n) is 2.94. The minimum absolute atomic E-state index is 0.0302. The molecule has 2 heterocycles. The summed E-state index contributed by atoms with van der Waals surface area (Å²) in [6.45, 7) is 1.90. The average Bonchev–Trinajstić information content (AvgIpc) is 3.21. The van der Waals surface area contributed by atoms with Crippen molar-refractivity contribution in [2.75, 3.05) is 15.4 Å². The van der Waals surface area contributed by atoms with Crippen molar-refractivity contribution in [3.63, 3.8) is 0 Å². The number of aryl methyl sites for hydroxylation is 1. The molecule has 11 heteroatoms. The van der Waals surface area contributed by atoms with Gasteiger partial charge in [-0.3, -0.25) is 14.3 Å². The fourth-order valence-corrected chi connectivity index (χ4v) is 4.73. The Morgan fingerprint density at radius 3 is 2.71 bits per heavy atom. The Morgan fingerprint density at radius 2 is 2.00 bits per heavy atom. The van der Waals surface area contributed by atoms with Crippen molar-refractivity contribution in [1.82, 2.24) is 4.98 Å². The molecule has 31 heavy (non-hydrogen) atoms. The second-order valence-corrected chi connectivity index (χ2v) is 9.39. The molecule has 4 rings (SSSR count). The number of sulfonamides is 1. The fraction of sp³-hybridized carbons (Fsp3) is 0.150. The number of fused-ring (bicyclic) bond motifs is 1. The number of nitrogens with one attached hydrogen (secondary N) is 3. The third-order valence-corrected chi connectivity index (χ3v) is 6.60. The third kappa shape index (κ3) is 4.84. The first-order chi connectivity index (χ1) is 14.8. The summed E-state index contributed by atoms with van der Waals surface area (Å²) in [6.07, 6.45) is 0.347. The highest BCUT2D eigenvalue weighted by atomic mass is 32.2. The molecule has 1 aromatic heterocycles. The number of aromatic nitrogens is 1. The van der Waals surface area contributed by atoms with E-state index in [1.165, 1.54) is 41.8 Å². The number of anilines is 3. The summed E-state index contributed by atoms with van der Waals surface area (Å²) in [4.78, 5) is 28.5. The Labute approximate surface area is 182 Å². The predicted octanol–water partition coefficient (Wildman–Crippen LogP) is 2.98. The van der Waals surface area contributed by atoms with Gasteiger partial charge in [0.05, 0.1) is 17.0 Å². The molecule has 1 aliphatic heterocycles. The Balaban J connectivity index is 1.38. The standard InChI is InChI=1S/C20H18N4O5S2/c1-12-2-7-16-15(10-12)23-19(26)17(29-16)11-18(25)22-13-3-5-14(6-4-13)31(27,28)24-20-21-8-9-30-20/h2-10,17H,11H2,1H3,(H,21,24)(H,22,25)(H,23,26). The van der Waals surface area contributed by atoms with Crippen LogP contribution in [0.3, 0.4) is 0 Å². The maximum Gasteiger partial charge on any atom is 0.266 e. The third-order valence-electron chi connectivity index (χ3n) is 4.43. The van der Waals surface area contributed by atoms with Gasteiger partial charge < -0.3 is 15.4 Å². The highest BCUT2D eigenvalue weighted by molar-refractivity contribution is 7.93. The molecule has 0 radical (unpaired) electrons. The molecular formula is C20H18N4O5S2. The second-order valence-electron chi connectivity index (χ2n) is 6.81. The molecule has 160 valence electrons. The van der Waals surface area contributed by atoms with Crippen LogP contribution in [0.2, 0.25) is 0 Å². The molecule has 0 spiro atoms. The van der Waals surface area contributed by atoms with Crippen molar-refractivity contribution in [1.29, 1.82) is 0 Å². The number of nitrogens with zero attached hydrogens (tertiary/aromatic N) is 1.